The molecular formula is C18H25FN2. The molecule has 1 N–H and O–H groups in total. The zero-order valence-corrected chi connectivity index (χ0v) is 12.9. The standard InChI is InChI=1S/C18H25FN2/c1-2-3-4-11-21-13-17(14-7-9-20-10-8-14)16-6-5-15(19)12-18(16)21/h5-6,12-14,20H,2-4,7-11H2,1H3. The SMILES string of the molecule is CCCCCn1cc(C2CCNCC2)c2ccc(F)cc21. The van der Waals surface area contributed by atoms with E-state index in [2.05, 4.69) is 23.0 Å². The Hall–Kier alpha value is -1.35. The molecule has 3 rings (SSSR count). The number of aryl methyl sites for hydroxylation is 1. The van der Waals surface area contributed by atoms with Crippen LogP contribution in [0.3, 0.4) is 0 Å². The second kappa shape index (κ2) is 6.61. The Balaban J connectivity index is 1.95. The Morgan fingerprint density at radius 3 is 2.81 bits per heavy atom. The molecule has 1 saturated heterocycles. The van der Waals surface area contributed by atoms with Crippen LogP contribution in [0.5, 0.6) is 0 Å². The van der Waals surface area contributed by atoms with E-state index < -0.39 is 0 Å². The van der Waals surface area contributed by atoms with Gasteiger partial charge in [0.15, 0.2) is 0 Å². The van der Waals surface area contributed by atoms with Gasteiger partial charge < -0.3 is 9.88 Å². The highest BCUT2D eigenvalue weighted by Gasteiger charge is 2.20. The van der Waals surface area contributed by atoms with Crippen molar-refractivity contribution in [1.82, 2.24) is 9.88 Å². The maximum Gasteiger partial charge on any atom is 0.125 e. The first kappa shape index (κ1) is 14.6. The second-order valence-corrected chi connectivity index (χ2v) is 6.17. The molecule has 0 atom stereocenters. The van der Waals surface area contributed by atoms with Crippen LogP contribution in [0.25, 0.3) is 10.9 Å². The second-order valence-electron chi connectivity index (χ2n) is 6.17. The number of aromatic nitrogens is 1. The minimum atomic E-state index is -0.130. The van der Waals surface area contributed by atoms with Crippen molar-refractivity contribution in [1.29, 1.82) is 0 Å². The van der Waals surface area contributed by atoms with Crippen LogP contribution in [-0.2, 0) is 6.54 Å². The molecule has 1 fully saturated rings. The molecule has 0 aliphatic carbocycles. The van der Waals surface area contributed by atoms with E-state index in [1.165, 1.54) is 43.1 Å². The number of hydrogen-bond acceptors (Lipinski definition) is 1. The van der Waals surface area contributed by atoms with Gasteiger partial charge in [-0.1, -0.05) is 19.8 Å². The van der Waals surface area contributed by atoms with E-state index in [4.69, 9.17) is 0 Å². The van der Waals surface area contributed by atoms with Crippen molar-refractivity contribution in [2.24, 2.45) is 0 Å². The van der Waals surface area contributed by atoms with Gasteiger partial charge in [-0.2, -0.15) is 0 Å². The number of nitrogens with zero attached hydrogens (tertiary/aromatic N) is 1. The maximum atomic E-state index is 13.6. The lowest BCUT2D eigenvalue weighted by Crippen LogP contribution is -2.26. The van der Waals surface area contributed by atoms with E-state index in [1.807, 2.05) is 6.07 Å². The number of fused-ring (bicyclic) bond motifs is 1. The number of hydrogen-bond donors (Lipinski definition) is 1. The third-order valence-corrected chi connectivity index (χ3v) is 4.66. The summed E-state index contributed by atoms with van der Waals surface area (Å²) in [5.41, 5.74) is 2.49. The molecule has 0 radical (unpaired) electrons. The Labute approximate surface area is 126 Å². The summed E-state index contributed by atoms with van der Waals surface area (Å²) >= 11 is 0. The van der Waals surface area contributed by atoms with E-state index in [1.54, 1.807) is 12.1 Å². The van der Waals surface area contributed by atoms with Gasteiger partial charge in [-0.05, 0) is 62.0 Å². The summed E-state index contributed by atoms with van der Waals surface area (Å²) in [4.78, 5) is 0. The molecule has 0 amide bonds. The number of piperidine rings is 1. The average Bonchev–Trinajstić information content (AvgIpc) is 2.87. The summed E-state index contributed by atoms with van der Waals surface area (Å²) < 4.78 is 15.9. The molecule has 1 aliphatic heterocycles. The van der Waals surface area contributed by atoms with Gasteiger partial charge >= 0.3 is 0 Å². The lowest BCUT2D eigenvalue weighted by molar-refractivity contribution is 0.461. The highest BCUT2D eigenvalue weighted by atomic mass is 19.1. The molecule has 2 heterocycles. The molecule has 0 bridgehead atoms. The van der Waals surface area contributed by atoms with Crippen LogP contribution in [0.4, 0.5) is 4.39 Å². The van der Waals surface area contributed by atoms with Crippen molar-refractivity contribution >= 4 is 10.9 Å². The highest BCUT2D eigenvalue weighted by Crippen LogP contribution is 2.33. The molecule has 1 aromatic carbocycles. The summed E-state index contributed by atoms with van der Waals surface area (Å²) in [6, 6.07) is 5.27. The molecule has 2 nitrogen and oxygen atoms in total. The van der Waals surface area contributed by atoms with Gasteiger partial charge in [-0.3, -0.25) is 0 Å². The monoisotopic (exact) mass is 288 g/mol. The number of unbranched alkanes of at least 4 members (excludes halogenated alkanes) is 2. The molecule has 0 saturated carbocycles. The van der Waals surface area contributed by atoms with E-state index >= 15 is 0 Å². The first-order valence-electron chi connectivity index (χ1n) is 8.28. The van der Waals surface area contributed by atoms with Crippen molar-refractivity contribution in [3.8, 4) is 0 Å². The van der Waals surface area contributed by atoms with Crippen molar-refractivity contribution < 1.29 is 4.39 Å². The normalized spacial score (nSPS) is 16.7. The lowest BCUT2D eigenvalue weighted by atomic mass is 9.90. The number of nitrogens with one attached hydrogen (secondary N) is 1. The fourth-order valence-electron chi connectivity index (χ4n) is 3.47. The van der Waals surface area contributed by atoms with E-state index in [-0.39, 0.29) is 5.82 Å². The fourth-order valence-corrected chi connectivity index (χ4v) is 3.47. The van der Waals surface area contributed by atoms with E-state index in [0.29, 0.717) is 5.92 Å². The quantitative estimate of drug-likeness (QED) is 0.805. The molecule has 1 aromatic heterocycles. The average molecular weight is 288 g/mol. The number of rotatable bonds is 5. The lowest BCUT2D eigenvalue weighted by Gasteiger charge is -2.22. The predicted octanol–water partition coefficient (Wildman–Crippen LogP) is 4.44. The molecule has 3 heteroatoms. The van der Waals surface area contributed by atoms with Crippen LogP contribution in [0, 0.1) is 5.82 Å². The first-order chi connectivity index (χ1) is 10.3. The summed E-state index contributed by atoms with van der Waals surface area (Å²) in [5, 5.41) is 4.67. The largest absolute Gasteiger partial charge is 0.347 e. The molecule has 0 spiro atoms. The number of halogens is 1. The third kappa shape index (κ3) is 3.13. The minimum absolute atomic E-state index is 0.130. The summed E-state index contributed by atoms with van der Waals surface area (Å²) in [6.07, 6.45) is 8.28. The van der Waals surface area contributed by atoms with Crippen molar-refractivity contribution in [2.45, 2.75) is 51.5 Å². The zero-order chi connectivity index (χ0) is 14.7. The smallest absolute Gasteiger partial charge is 0.125 e. The zero-order valence-electron chi connectivity index (χ0n) is 12.9. The van der Waals surface area contributed by atoms with Gasteiger partial charge in [-0.15, -0.1) is 0 Å². The van der Waals surface area contributed by atoms with Gasteiger partial charge in [0, 0.05) is 18.1 Å². The molecule has 0 unspecified atom stereocenters. The van der Waals surface area contributed by atoms with E-state index in [0.717, 1.165) is 25.2 Å². The highest BCUT2D eigenvalue weighted by molar-refractivity contribution is 5.84. The Bertz CT molecular complexity index is 597. The van der Waals surface area contributed by atoms with Crippen LogP contribution in [-0.4, -0.2) is 17.7 Å². The third-order valence-electron chi connectivity index (χ3n) is 4.66. The van der Waals surface area contributed by atoms with E-state index in [9.17, 15) is 4.39 Å². The Kier molecular flexibility index (Phi) is 4.59. The minimum Gasteiger partial charge on any atom is -0.347 e. The van der Waals surface area contributed by atoms with Crippen LogP contribution >= 0.6 is 0 Å². The van der Waals surface area contributed by atoms with Gasteiger partial charge in [-0.25, -0.2) is 4.39 Å². The van der Waals surface area contributed by atoms with Crippen molar-refractivity contribution in [3.05, 3.63) is 35.8 Å². The predicted molar refractivity (Wildman–Crippen MR) is 86.3 cm³/mol. The van der Waals surface area contributed by atoms with Gasteiger partial charge in [0.2, 0.25) is 0 Å². The summed E-state index contributed by atoms with van der Waals surface area (Å²) in [6.45, 7) is 5.40. The van der Waals surface area contributed by atoms with Crippen LogP contribution < -0.4 is 5.32 Å². The maximum absolute atomic E-state index is 13.6. The topological polar surface area (TPSA) is 17.0 Å². The Morgan fingerprint density at radius 1 is 1.24 bits per heavy atom. The molecule has 1 aliphatic rings. The Morgan fingerprint density at radius 2 is 2.05 bits per heavy atom. The molecule has 2 aromatic rings. The van der Waals surface area contributed by atoms with Crippen LogP contribution in [0.2, 0.25) is 0 Å². The summed E-state index contributed by atoms with van der Waals surface area (Å²) in [5.74, 6) is 0.487. The van der Waals surface area contributed by atoms with Crippen LogP contribution in [0.1, 0.15) is 50.5 Å². The molecular weight excluding hydrogens is 263 g/mol. The fraction of sp³-hybridized carbons (Fsp3) is 0.556. The summed E-state index contributed by atoms with van der Waals surface area (Å²) in [7, 11) is 0. The van der Waals surface area contributed by atoms with Gasteiger partial charge in [0.05, 0.1) is 5.52 Å². The van der Waals surface area contributed by atoms with Crippen LogP contribution in [0.15, 0.2) is 24.4 Å². The van der Waals surface area contributed by atoms with Gasteiger partial charge in [0.25, 0.3) is 0 Å². The van der Waals surface area contributed by atoms with Crippen molar-refractivity contribution in [3.63, 3.8) is 0 Å². The molecule has 21 heavy (non-hydrogen) atoms. The van der Waals surface area contributed by atoms with Gasteiger partial charge in [0.1, 0.15) is 5.82 Å². The molecule has 114 valence electrons. The van der Waals surface area contributed by atoms with Crippen molar-refractivity contribution in [2.75, 3.05) is 13.1 Å². The number of benzene rings is 1. The first-order valence-corrected chi connectivity index (χ1v) is 8.28.